The van der Waals surface area contributed by atoms with E-state index in [1.807, 2.05) is 0 Å². The molecule has 2 atom stereocenters. The fraction of sp³-hybridized carbons (Fsp3) is 0.909. The highest BCUT2D eigenvalue weighted by Crippen LogP contribution is 2.29. The van der Waals surface area contributed by atoms with Crippen LogP contribution in [0.5, 0.6) is 0 Å². The van der Waals surface area contributed by atoms with Crippen molar-refractivity contribution in [3.8, 4) is 0 Å². The van der Waals surface area contributed by atoms with E-state index in [9.17, 15) is 4.79 Å². The molecule has 15 heavy (non-hydrogen) atoms. The van der Waals surface area contributed by atoms with Crippen molar-refractivity contribution in [1.82, 2.24) is 5.48 Å². The van der Waals surface area contributed by atoms with Gasteiger partial charge in [0.2, 0.25) is 5.91 Å². The molecule has 0 heterocycles. The molecular weight excluding hydrogens is 192 g/mol. The van der Waals surface area contributed by atoms with Crippen molar-refractivity contribution in [2.45, 2.75) is 45.6 Å². The Balaban J connectivity index is 2.32. The van der Waals surface area contributed by atoms with Crippen LogP contribution in [0.3, 0.4) is 0 Å². The summed E-state index contributed by atoms with van der Waals surface area (Å²) in [6.45, 7) is 4.43. The molecule has 0 aromatic heterocycles. The van der Waals surface area contributed by atoms with Crippen LogP contribution in [0.1, 0.15) is 39.5 Å². The molecule has 3 N–H and O–H groups in total. The maximum atomic E-state index is 10.5. The molecule has 1 fully saturated rings. The second kappa shape index (κ2) is 6.08. The molecule has 0 aliphatic heterocycles. The van der Waals surface area contributed by atoms with Gasteiger partial charge in [-0.25, -0.2) is 0 Å². The minimum atomic E-state index is -0.431. The van der Waals surface area contributed by atoms with E-state index in [2.05, 4.69) is 19.3 Å². The van der Waals surface area contributed by atoms with Crippen LogP contribution in [0.15, 0.2) is 0 Å². The quantitative estimate of drug-likeness (QED) is 0.676. The summed E-state index contributed by atoms with van der Waals surface area (Å²) < 4.78 is 0. The third kappa shape index (κ3) is 4.18. The maximum Gasteiger partial charge on any atom is 0.245 e. The Bertz CT molecular complexity index is 207. The number of nitrogens with two attached hydrogens (primary N) is 1. The Hall–Kier alpha value is -0.610. The van der Waals surface area contributed by atoms with Gasteiger partial charge in [0.05, 0.1) is 0 Å². The standard InChI is InChI=1S/C11H22N2O2/c1-8(2)9-5-3-4-6-10(9)13-15-7-11(12)14/h8-10,13H,3-7H2,1-2H3,(H2,12,14). The van der Waals surface area contributed by atoms with Crippen molar-refractivity contribution in [3.05, 3.63) is 0 Å². The molecule has 0 aromatic carbocycles. The van der Waals surface area contributed by atoms with Gasteiger partial charge in [0, 0.05) is 6.04 Å². The van der Waals surface area contributed by atoms with Gasteiger partial charge in [-0.05, 0) is 24.7 Å². The minimum Gasteiger partial charge on any atom is -0.368 e. The van der Waals surface area contributed by atoms with Crippen LogP contribution >= 0.6 is 0 Å². The highest BCUT2D eigenvalue weighted by Gasteiger charge is 2.27. The number of nitrogens with one attached hydrogen (secondary N) is 1. The van der Waals surface area contributed by atoms with Crippen molar-refractivity contribution < 1.29 is 9.63 Å². The lowest BCUT2D eigenvalue weighted by molar-refractivity contribution is -0.127. The average molecular weight is 214 g/mol. The Labute approximate surface area is 91.5 Å². The van der Waals surface area contributed by atoms with Crippen LogP contribution in [0.25, 0.3) is 0 Å². The zero-order chi connectivity index (χ0) is 11.3. The monoisotopic (exact) mass is 214 g/mol. The lowest BCUT2D eigenvalue weighted by Gasteiger charge is -2.34. The van der Waals surface area contributed by atoms with Crippen LogP contribution in [0, 0.1) is 11.8 Å². The summed E-state index contributed by atoms with van der Waals surface area (Å²) in [6.07, 6.45) is 4.91. The first-order valence-corrected chi connectivity index (χ1v) is 5.77. The molecule has 88 valence electrons. The second-order valence-electron chi connectivity index (χ2n) is 4.67. The van der Waals surface area contributed by atoms with Crippen molar-refractivity contribution >= 4 is 5.91 Å². The first-order chi connectivity index (χ1) is 7.11. The van der Waals surface area contributed by atoms with Gasteiger partial charge < -0.3 is 5.73 Å². The van der Waals surface area contributed by atoms with Crippen molar-refractivity contribution in [3.63, 3.8) is 0 Å². The van der Waals surface area contributed by atoms with E-state index in [0.717, 1.165) is 6.42 Å². The largest absolute Gasteiger partial charge is 0.368 e. The van der Waals surface area contributed by atoms with Crippen molar-refractivity contribution in [2.75, 3.05) is 6.61 Å². The van der Waals surface area contributed by atoms with Gasteiger partial charge in [-0.15, -0.1) is 0 Å². The van der Waals surface area contributed by atoms with E-state index >= 15 is 0 Å². The summed E-state index contributed by atoms with van der Waals surface area (Å²) in [5.41, 5.74) is 7.98. The van der Waals surface area contributed by atoms with Gasteiger partial charge in [0.25, 0.3) is 0 Å². The summed E-state index contributed by atoms with van der Waals surface area (Å²) in [4.78, 5) is 15.6. The van der Waals surface area contributed by atoms with Gasteiger partial charge in [-0.1, -0.05) is 26.7 Å². The lowest BCUT2D eigenvalue weighted by Crippen LogP contribution is -2.42. The zero-order valence-electron chi connectivity index (χ0n) is 9.66. The third-order valence-corrected chi connectivity index (χ3v) is 3.12. The summed E-state index contributed by atoms with van der Waals surface area (Å²) in [5, 5.41) is 0. The van der Waals surface area contributed by atoms with E-state index < -0.39 is 5.91 Å². The number of carbonyl (C=O) groups excluding carboxylic acids is 1. The van der Waals surface area contributed by atoms with E-state index in [-0.39, 0.29) is 6.61 Å². The Morgan fingerprint density at radius 1 is 1.47 bits per heavy atom. The molecule has 1 rings (SSSR count). The topological polar surface area (TPSA) is 64.3 Å². The third-order valence-electron chi connectivity index (χ3n) is 3.12. The predicted octanol–water partition coefficient (Wildman–Crippen LogP) is 1.21. The van der Waals surface area contributed by atoms with Gasteiger partial charge in [0.1, 0.15) is 6.61 Å². The molecule has 4 nitrogen and oxygen atoms in total. The molecule has 1 saturated carbocycles. The van der Waals surface area contributed by atoms with Gasteiger partial charge in [-0.2, -0.15) is 5.48 Å². The second-order valence-corrected chi connectivity index (χ2v) is 4.67. The Kier molecular flexibility index (Phi) is 5.05. The molecule has 0 spiro atoms. The van der Waals surface area contributed by atoms with Crippen molar-refractivity contribution in [1.29, 1.82) is 0 Å². The van der Waals surface area contributed by atoms with Crippen LogP contribution in [0.2, 0.25) is 0 Å². The van der Waals surface area contributed by atoms with Crippen LogP contribution < -0.4 is 11.2 Å². The van der Waals surface area contributed by atoms with Crippen LogP contribution in [0.4, 0.5) is 0 Å². The number of primary amides is 1. The zero-order valence-corrected chi connectivity index (χ0v) is 9.66. The Morgan fingerprint density at radius 3 is 2.73 bits per heavy atom. The van der Waals surface area contributed by atoms with Crippen LogP contribution in [-0.4, -0.2) is 18.6 Å². The van der Waals surface area contributed by atoms with Crippen LogP contribution in [-0.2, 0) is 9.63 Å². The molecule has 4 heteroatoms. The maximum absolute atomic E-state index is 10.5. The summed E-state index contributed by atoms with van der Waals surface area (Å²) in [6, 6.07) is 0.373. The molecule has 1 aliphatic carbocycles. The average Bonchev–Trinajstić information content (AvgIpc) is 2.17. The van der Waals surface area contributed by atoms with Gasteiger partial charge in [0.15, 0.2) is 0 Å². The first kappa shape index (κ1) is 12.5. The van der Waals surface area contributed by atoms with Gasteiger partial charge in [-0.3, -0.25) is 9.63 Å². The number of hydrogen-bond acceptors (Lipinski definition) is 3. The number of carbonyl (C=O) groups is 1. The lowest BCUT2D eigenvalue weighted by atomic mass is 9.78. The SMILES string of the molecule is CC(C)C1CCCCC1NOCC(N)=O. The number of amides is 1. The Morgan fingerprint density at radius 2 is 2.13 bits per heavy atom. The van der Waals surface area contributed by atoms with E-state index in [4.69, 9.17) is 10.6 Å². The molecule has 0 radical (unpaired) electrons. The smallest absolute Gasteiger partial charge is 0.245 e. The number of rotatable bonds is 5. The fourth-order valence-corrected chi connectivity index (χ4v) is 2.32. The molecule has 0 aromatic rings. The minimum absolute atomic E-state index is 0.0404. The van der Waals surface area contributed by atoms with E-state index in [1.165, 1.54) is 19.3 Å². The molecule has 2 unspecified atom stereocenters. The van der Waals surface area contributed by atoms with Gasteiger partial charge >= 0.3 is 0 Å². The number of hydroxylamine groups is 1. The first-order valence-electron chi connectivity index (χ1n) is 5.77. The summed E-state index contributed by atoms with van der Waals surface area (Å²) in [5.74, 6) is 0.867. The van der Waals surface area contributed by atoms with Crippen molar-refractivity contribution in [2.24, 2.45) is 17.6 Å². The number of hydrogen-bond donors (Lipinski definition) is 2. The highest BCUT2D eigenvalue weighted by molar-refractivity contribution is 5.74. The highest BCUT2D eigenvalue weighted by atomic mass is 16.6. The van der Waals surface area contributed by atoms with E-state index in [0.29, 0.717) is 17.9 Å². The molecule has 0 bridgehead atoms. The normalized spacial score (nSPS) is 26.9. The molecule has 0 saturated heterocycles. The fourth-order valence-electron chi connectivity index (χ4n) is 2.32. The predicted molar refractivity (Wildman–Crippen MR) is 58.9 cm³/mol. The molecule has 1 amide bonds. The van der Waals surface area contributed by atoms with E-state index in [1.54, 1.807) is 0 Å². The summed E-state index contributed by atoms with van der Waals surface area (Å²) >= 11 is 0. The summed E-state index contributed by atoms with van der Waals surface area (Å²) in [7, 11) is 0. The molecular formula is C11H22N2O2. The molecule has 1 aliphatic rings.